The first-order valence-corrected chi connectivity index (χ1v) is 11.7. The van der Waals surface area contributed by atoms with E-state index in [2.05, 4.69) is 27.7 Å². The lowest BCUT2D eigenvalue weighted by atomic mass is 10.0. The number of hydrogen-bond donors (Lipinski definition) is 0. The summed E-state index contributed by atoms with van der Waals surface area (Å²) >= 11 is 0. The van der Waals surface area contributed by atoms with E-state index in [4.69, 9.17) is 0 Å². The highest BCUT2D eigenvalue weighted by Gasteiger charge is 2.77. The third-order valence-corrected chi connectivity index (χ3v) is 6.48. The van der Waals surface area contributed by atoms with E-state index in [1.54, 1.807) is 0 Å². The molecule has 0 bridgehead atoms. The van der Waals surface area contributed by atoms with E-state index in [1.807, 2.05) is 0 Å². The van der Waals surface area contributed by atoms with E-state index in [1.165, 1.54) is 30.7 Å². The molecule has 1 unspecified atom stereocenters. The van der Waals surface area contributed by atoms with Gasteiger partial charge in [-0.05, 0) is 40.5 Å². The van der Waals surface area contributed by atoms with Crippen LogP contribution in [0.25, 0.3) is 0 Å². The maximum absolute atomic E-state index is 13.2. The fourth-order valence-electron chi connectivity index (χ4n) is 2.90. The number of unbranched alkanes of at least 4 members (excludes halogenated alkanes) is 2. The molecule has 0 spiro atoms. The van der Waals surface area contributed by atoms with Gasteiger partial charge in [0.1, 0.15) is 0 Å². The molecule has 202 valence electrons. The molecule has 0 aromatic rings. The van der Waals surface area contributed by atoms with Crippen LogP contribution in [0.5, 0.6) is 0 Å². The van der Waals surface area contributed by atoms with Crippen molar-refractivity contribution < 1.29 is 61.4 Å². The Morgan fingerprint density at radius 3 is 1.42 bits per heavy atom. The molecule has 0 fully saturated rings. The van der Waals surface area contributed by atoms with Gasteiger partial charge in [0, 0.05) is 6.42 Å². The van der Waals surface area contributed by atoms with E-state index in [-0.39, 0.29) is 0 Å². The van der Waals surface area contributed by atoms with E-state index >= 15 is 0 Å². The summed E-state index contributed by atoms with van der Waals surface area (Å²) in [6.45, 7) is 14.2. The Labute approximate surface area is 187 Å². The number of nitrogens with zero attached hydrogens (tertiary/aromatic N) is 1. The topological polar surface area (TPSA) is 57.2 Å². The van der Waals surface area contributed by atoms with Gasteiger partial charge in [0.15, 0.2) is 16.3 Å². The average Bonchev–Trinajstić information content (AvgIpc) is 2.68. The Morgan fingerprint density at radius 2 is 1.15 bits per heavy atom. The highest BCUT2D eigenvalue weighted by molar-refractivity contribution is 7.86. The van der Waals surface area contributed by atoms with Crippen LogP contribution in [0.2, 0.25) is 0 Å². The minimum atomic E-state index is -7.23. The van der Waals surface area contributed by atoms with Gasteiger partial charge in [-0.3, -0.25) is 0 Å². The van der Waals surface area contributed by atoms with Gasteiger partial charge in [-0.2, -0.15) is 39.5 Å². The third-order valence-electron chi connectivity index (χ3n) is 5.59. The van der Waals surface area contributed by atoms with Crippen molar-refractivity contribution in [1.82, 2.24) is 0 Å². The maximum atomic E-state index is 13.2. The summed E-state index contributed by atoms with van der Waals surface area (Å²) in [5, 5.41) is -6.77. The van der Waals surface area contributed by atoms with Gasteiger partial charge in [-0.25, -0.2) is 12.8 Å². The molecule has 33 heavy (non-hydrogen) atoms. The average molecular weight is 531 g/mol. The van der Waals surface area contributed by atoms with Crippen LogP contribution in [0.3, 0.4) is 0 Å². The minimum Gasteiger partial charge on any atom is -0.743 e. The fourth-order valence-corrected chi connectivity index (χ4v) is 3.35. The summed E-state index contributed by atoms with van der Waals surface area (Å²) in [5.41, 5.74) is 0. The molecular weight excluding hydrogens is 500 g/mol. The van der Waals surface area contributed by atoms with Crippen LogP contribution in [0.15, 0.2) is 0 Å². The molecule has 15 heteroatoms. The zero-order valence-electron chi connectivity index (χ0n) is 18.8. The van der Waals surface area contributed by atoms with Crippen molar-refractivity contribution in [1.29, 1.82) is 0 Å². The normalized spacial score (nSPS) is 15.1. The molecule has 0 N–H and O–H groups in total. The van der Waals surface area contributed by atoms with Crippen LogP contribution in [-0.2, 0) is 10.1 Å². The number of halogens is 10. The zero-order chi connectivity index (χ0) is 26.9. The summed E-state index contributed by atoms with van der Waals surface area (Å²) < 4.78 is 157. The molecule has 0 rings (SSSR count). The van der Waals surface area contributed by atoms with Gasteiger partial charge in [-0.1, -0.05) is 12.8 Å². The molecule has 0 aliphatic heterocycles. The summed E-state index contributed by atoms with van der Waals surface area (Å²) in [6, 6.07) is 0. The first-order valence-electron chi connectivity index (χ1n) is 10.3. The number of rotatable bonds is 13. The Hall–Kier alpha value is -0.830. The minimum absolute atomic E-state index is 0.516. The van der Waals surface area contributed by atoms with Crippen LogP contribution in [0.4, 0.5) is 43.9 Å². The molecule has 1 atom stereocenters. The van der Waals surface area contributed by atoms with E-state index in [0.29, 0.717) is 0 Å². The van der Waals surface area contributed by atoms with Gasteiger partial charge in [-0.15, -0.1) is 0 Å². The van der Waals surface area contributed by atoms with E-state index in [0.717, 1.165) is 0 Å². The van der Waals surface area contributed by atoms with Crippen LogP contribution in [0.1, 0.15) is 59.8 Å². The Bertz CT molecular complexity index is 647. The monoisotopic (exact) mass is 531 g/mol. The molecule has 0 aromatic heterocycles. The summed E-state index contributed by atoms with van der Waals surface area (Å²) in [7, 11) is -7.23. The Balaban J connectivity index is 0. The first kappa shape index (κ1) is 34.3. The van der Waals surface area contributed by atoms with Crippen LogP contribution >= 0.6 is 0 Å². The fraction of sp³-hybridized carbons (Fsp3) is 1.00. The van der Waals surface area contributed by atoms with Crippen LogP contribution in [0, 0.1) is 0 Å². The molecule has 0 heterocycles. The van der Waals surface area contributed by atoms with Crippen molar-refractivity contribution in [2.45, 2.75) is 89.2 Å². The summed E-state index contributed by atoms with van der Waals surface area (Å²) in [4.78, 5) is 0. The lowest BCUT2D eigenvalue weighted by Gasteiger charge is -2.35. The van der Waals surface area contributed by atoms with Crippen molar-refractivity contribution in [3.05, 3.63) is 0 Å². The van der Waals surface area contributed by atoms with Gasteiger partial charge >= 0.3 is 23.3 Å². The third kappa shape index (κ3) is 9.38. The van der Waals surface area contributed by atoms with Gasteiger partial charge < -0.3 is 9.04 Å². The molecule has 4 nitrogen and oxygen atoms in total. The Morgan fingerprint density at radius 1 is 0.758 bits per heavy atom. The lowest BCUT2D eigenvalue weighted by molar-refractivity contribution is -0.921. The SMILES string of the molecule is CC[N+](CC)(CC)CC.O=S(=O)([O-])C(F)(F)C(F)(F)C(F)(F)C(F)CCCCCC(F)(F)F. The van der Waals surface area contributed by atoms with E-state index < -0.39 is 71.7 Å². The molecule has 0 saturated carbocycles. The second-order valence-electron chi connectivity index (χ2n) is 7.46. The molecule has 0 aliphatic rings. The van der Waals surface area contributed by atoms with Crippen molar-refractivity contribution in [3.8, 4) is 0 Å². The highest BCUT2D eigenvalue weighted by atomic mass is 32.2. The molecule has 0 saturated heterocycles. The molecule has 0 amide bonds. The second kappa shape index (κ2) is 12.8. The standard InChI is InChI=1S/C10H12F10O3S.C8H20N/c11-6(4-2-1-3-5-7(12,13)14)8(15,16)9(17,18)10(19,20)24(21,22)23;1-5-9(6-2,7-3)8-4/h6H,1-5H2,(H,21,22,23);5-8H2,1-4H3/q;+1/p-1. The van der Waals surface area contributed by atoms with E-state index in [9.17, 15) is 56.9 Å². The lowest BCUT2D eigenvalue weighted by Crippen LogP contribution is -2.61. The van der Waals surface area contributed by atoms with Crippen molar-refractivity contribution in [2.24, 2.45) is 0 Å². The van der Waals surface area contributed by atoms with Gasteiger partial charge in [0.25, 0.3) is 0 Å². The molecule has 0 aliphatic carbocycles. The maximum Gasteiger partial charge on any atom is 0.402 e. The quantitative estimate of drug-likeness (QED) is 0.124. The van der Waals surface area contributed by atoms with Gasteiger partial charge in [0.2, 0.25) is 0 Å². The largest absolute Gasteiger partial charge is 0.743 e. The predicted octanol–water partition coefficient (Wildman–Crippen LogP) is 6.13. The molecule has 0 aromatic carbocycles. The molecule has 0 radical (unpaired) electrons. The summed E-state index contributed by atoms with van der Waals surface area (Å²) in [5.74, 6) is -13.1. The van der Waals surface area contributed by atoms with Crippen molar-refractivity contribution in [3.63, 3.8) is 0 Å². The van der Waals surface area contributed by atoms with Crippen molar-refractivity contribution in [2.75, 3.05) is 26.2 Å². The smallest absolute Gasteiger partial charge is 0.402 e. The highest BCUT2D eigenvalue weighted by Crippen LogP contribution is 2.50. The van der Waals surface area contributed by atoms with Crippen molar-refractivity contribution >= 4 is 10.1 Å². The number of alkyl halides is 10. The second-order valence-corrected chi connectivity index (χ2v) is 8.88. The van der Waals surface area contributed by atoms with Crippen LogP contribution in [-0.4, -0.2) is 73.1 Å². The number of quaternary nitrogens is 1. The zero-order valence-corrected chi connectivity index (χ0v) is 19.6. The Kier molecular flexibility index (Phi) is 13.3. The first-order chi connectivity index (χ1) is 14.6. The summed E-state index contributed by atoms with van der Waals surface area (Å²) in [6.07, 6.45) is -13.4. The number of hydrogen-bond acceptors (Lipinski definition) is 3. The van der Waals surface area contributed by atoms with Gasteiger partial charge in [0.05, 0.1) is 26.2 Å². The predicted molar refractivity (Wildman–Crippen MR) is 101 cm³/mol. The van der Waals surface area contributed by atoms with Crippen LogP contribution < -0.4 is 0 Å². The molecular formula is C18H31F10NO3S.